The van der Waals surface area contributed by atoms with E-state index in [4.69, 9.17) is 0 Å². The van der Waals surface area contributed by atoms with Crippen molar-refractivity contribution < 1.29 is 0 Å². The lowest BCUT2D eigenvalue weighted by Crippen LogP contribution is -2.34. The molecule has 2 rings (SSSR count). The highest BCUT2D eigenvalue weighted by Crippen LogP contribution is 2.07. The van der Waals surface area contributed by atoms with Crippen molar-refractivity contribution in [2.24, 2.45) is 0 Å². The predicted octanol–water partition coefficient (Wildman–Crippen LogP) is 0.742. The second-order valence-electron chi connectivity index (χ2n) is 3.17. The summed E-state index contributed by atoms with van der Waals surface area (Å²) in [6.45, 7) is 0.169. The molecule has 2 aromatic heterocycles. The first-order valence-corrected chi connectivity index (χ1v) is 5.35. The topological polar surface area (TPSA) is 67.8 Å². The fourth-order valence-electron chi connectivity index (χ4n) is 1.26. The van der Waals surface area contributed by atoms with Crippen LogP contribution in [0.1, 0.15) is 5.69 Å². The highest BCUT2D eigenvalue weighted by Gasteiger charge is 2.02. The molecule has 0 fully saturated rings. The summed E-state index contributed by atoms with van der Waals surface area (Å²) in [5.74, 6) is 0. The molecule has 2 heterocycles. The fraction of sp³-hybridized carbons (Fsp3) is 0.100. The van der Waals surface area contributed by atoms with Gasteiger partial charge >= 0.3 is 5.69 Å². The van der Waals surface area contributed by atoms with Gasteiger partial charge in [-0.1, -0.05) is 0 Å². The summed E-state index contributed by atoms with van der Waals surface area (Å²) in [6.07, 6.45) is 2.95. The molecule has 0 unspecified atom stereocenters. The number of pyridine rings is 1. The van der Waals surface area contributed by atoms with Gasteiger partial charge in [0.1, 0.15) is 0 Å². The number of rotatable bonds is 2. The second-order valence-corrected chi connectivity index (χ2v) is 4.09. The maximum absolute atomic E-state index is 11.4. The van der Waals surface area contributed by atoms with Crippen LogP contribution in [0.2, 0.25) is 0 Å². The first kappa shape index (κ1) is 10.8. The van der Waals surface area contributed by atoms with Gasteiger partial charge in [-0.15, -0.1) is 0 Å². The molecule has 5 nitrogen and oxygen atoms in total. The van der Waals surface area contributed by atoms with Gasteiger partial charge < -0.3 is 4.98 Å². The van der Waals surface area contributed by atoms with Gasteiger partial charge in [0.05, 0.1) is 12.2 Å². The Labute approximate surface area is 98.9 Å². The van der Waals surface area contributed by atoms with Gasteiger partial charge in [-0.25, -0.2) is 4.79 Å². The summed E-state index contributed by atoms with van der Waals surface area (Å²) < 4.78 is 1.95. The van der Waals surface area contributed by atoms with E-state index in [0.29, 0.717) is 5.69 Å². The molecule has 0 atom stereocenters. The molecule has 0 aromatic carbocycles. The fourth-order valence-corrected chi connectivity index (χ4v) is 1.50. The van der Waals surface area contributed by atoms with Crippen LogP contribution in [0.15, 0.2) is 44.7 Å². The second kappa shape index (κ2) is 4.44. The summed E-state index contributed by atoms with van der Waals surface area (Å²) >= 11 is 3.26. The zero-order valence-corrected chi connectivity index (χ0v) is 9.77. The molecule has 0 spiro atoms. The molecule has 0 aliphatic heterocycles. The SMILES string of the molecule is O=c1cc[nH]c(=O)n1Cc1ccc(Br)cn1. The van der Waals surface area contributed by atoms with Crippen LogP contribution in [0.3, 0.4) is 0 Å². The molecule has 0 aliphatic carbocycles. The minimum Gasteiger partial charge on any atom is -0.314 e. The van der Waals surface area contributed by atoms with Crippen LogP contribution in [0.5, 0.6) is 0 Å². The molecule has 0 saturated heterocycles. The number of halogens is 1. The number of aromatic nitrogens is 3. The van der Waals surface area contributed by atoms with Crippen LogP contribution < -0.4 is 11.2 Å². The van der Waals surface area contributed by atoms with E-state index in [1.165, 1.54) is 12.3 Å². The molecule has 0 radical (unpaired) electrons. The Hall–Kier alpha value is -1.69. The van der Waals surface area contributed by atoms with Crippen molar-refractivity contribution in [2.75, 3.05) is 0 Å². The van der Waals surface area contributed by atoms with E-state index in [1.54, 1.807) is 12.3 Å². The van der Waals surface area contributed by atoms with Gasteiger partial charge in [-0.05, 0) is 28.1 Å². The predicted molar refractivity (Wildman–Crippen MR) is 62.4 cm³/mol. The van der Waals surface area contributed by atoms with Crippen LogP contribution in [0.4, 0.5) is 0 Å². The third kappa shape index (κ3) is 2.27. The zero-order valence-electron chi connectivity index (χ0n) is 8.18. The molecule has 82 valence electrons. The Kier molecular flexibility index (Phi) is 3.00. The average molecular weight is 282 g/mol. The minimum absolute atomic E-state index is 0.169. The highest BCUT2D eigenvalue weighted by atomic mass is 79.9. The maximum Gasteiger partial charge on any atom is 0.328 e. The number of hydrogen-bond acceptors (Lipinski definition) is 3. The van der Waals surface area contributed by atoms with E-state index in [9.17, 15) is 9.59 Å². The van der Waals surface area contributed by atoms with Gasteiger partial charge in [-0.3, -0.25) is 14.3 Å². The van der Waals surface area contributed by atoms with Crippen LogP contribution >= 0.6 is 15.9 Å². The van der Waals surface area contributed by atoms with Crippen molar-refractivity contribution in [2.45, 2.75) is 6.54 Å². The Morgan fingerprint density at radius 3 is 2.75 bits per heavy atom. The van der Waals surface area contributed by atoms with Crippen molar-refractivity contribution in [3.8, 4) is 0 Å². The highest BCUT2D eigenvalue weighted by molar-refractivity contribution is 9.10. The number of H-pyrrole nitrogens is 1. The van der Waals surface area contributed by atoms with Crippen molar-refractivity contribution in [3.63, 3.8) is 0 Å². The Morgan fingerprint density at radius 2 is 2.12 bits per heavy atom. The van der Waals surface area contributed by atoms with Gasteiger partial charge in [0.2, 0.25) is 0 Å². The molecule has 2 aromatic rings. The molecular weight excluding hydrogens is 274 g/mol. The summed E-state index contributed by atoms with van der Waals surface area (Å²) in [5.41, 5.74) is -0.118. The summed E-state index contributed by atoms with van der Waals surface area (Å²) in [5, 5.41) is 0. The minimum atomic E-state index is -0.433. The Morgan fingerprint density at radius 1 is 1.31 bits per heavy atom. The number of hydrogen-bond donors (Lipinski definition) is 1. The normalized spacial score (nSPS) is 10.3. The van der Waals surface area contributed by atoms with E-state index >= 15 is 0 Å². The van der Waals surface area contributed by atoms with Crippen molar-refractivity contribution >= 4 is 15.9 Å². The van der Waals surface area contributed by atoms with E-state index < -0.39 is 5.69 Å². The molecule has 0 bridgehead atoms. The quantitative estimate of drug-likeness (QED) is 0.883. The van der Waals surface area contributed by atoms with Gasteiger partial charge in [0.15, 0.2) is 0 Å². The Balaban J connectivity index is 2.38. The molecule has 1 N–H and O–H groups in total. The summed E-state index contributed by atoms with van der Waals surface area (Å²) in [6, 6.07) is 4.87. The first-order chi connectivity index (χ1) is 7.66. The van der Waals surface area contributed by atoms with E-state index in [1.807, 2.05) is 6.07 Å². The third-order valence-electron chi connectivity index (χ3n) is 2.05. The molecule has 16 heavy (non-hydrogen) atoms. The number of aromatic amines is 1. The van der Waals surface area contributed by atoms with Crippen LogP contribution in [-0.2, 0) is 6.54 Å². The lowest BCUT2D eigenvalue weighted by atomic mass is 10.3. The lowest BCUT2D eigenvalue weighted by molar-refractivity contribution is 0.684. The van der Waals surface area contributed by atoms with E-state index in [0.717, 1.165) is 9.04 Å². The molecular formula is C10H8BrN3O2. The average Bonchev–Trinajstić information content (AvgIpc) is 2.26. The number of nitrogens with zero attached hydrogens (tertiary/aromatic N) is 2. The first-order valence-electron chi connectivity index (χ1n) is 4.56. The van der Waals surface area contributed by atoms with Crippen LogP contribution in [-0.4, -0.2) is 14.5 Å². The Bertz CT molecular complexity index is 572. The third-order valence-corrected chi connectivity index (χ3v) is 2.52. The van der Waals surface area contributed by atoms with Crippen molar-refractivity contribution in [3.05, 3.63) is 61.6 Å². The van der Waals surface area contributed by atoms with Crippen LogP contribution in [0.25, 0.3) is 0 Å². The van der Waals surface area contributed by atoms with Crippen molar-refractivity contribution in [1.29, 1.82) is 0 Å². The monoisotopic (exact) mass is 281 g/mol. The van der Waals surface area contributed by atoms with Gasteiger partial charge in [-0.2, -0.15) is 0 Å². The largest absolute Gasteiger partial charge is 0.328 e. The smallest absolute Gasteiger partial charge is 0.314 e. The van der Waals surface area contributed by atoms with Gasteiger partial charge in [0, 0.05) is 22.9 Å². The zero-order chi connectivity index (χ0) is 11.5. The van der Waals surface area contributed by atoms with Crippen molar-refractivity contribution in [1.82, 2.24) is 14.5 Å². The standard InChI is InChI=1S/C10H8BrN3O2/c11-7-1-2-8(13-5-7)6-14-9(15)3-4-12-10(14)16/h1-5H,6H2,(H,12,16). The van der Waals surface area contributed by atoms with Crippen LogP contribution in [0, 0.1) is 0 Å². The molecule has 6 heteroatoms. The summed E-state index contributed by atoms with van der Waals surface area (Å²) in [4.78, 5) is 29.3. The summed E-state index contributed by atoms with van der Waals surface area (Å²) in [7, 11) is 0. The lowest BCUT2D eigenvalue weighted by Gasteiger charge is -2.02. The molecule has 0 saturated carbocycles. The molecule has 0 amide bonds. The maximum atomic E-state index is 11.4. The number of nitrogens with one attached hydrogen (secondary N) is 1. The van der Waals surface area contributed by atoms with E-state index in [-0.39, 0.29) is 12.1 Å². The van der Waals surface area contributed by atoms with Gasteiger partial charge in [0.25, 0.3) is 5.56 Å². The van der Waals surface area contributed by atoms with E-state index in [2.05, 4.69) is 25.9 Å². The molecule has 0 aliphatic rings.